The van der Waals surface area contributed by atoms with E-state index in [1.807, 2.05) is 30.6 Å². The second-order valence-corrected chi connectivity index (χ2v) is 10.4. The Balaban J connectivity index is 1.22. The third-order valence-corrected chi connectivity index (χ3v) is 8.24. The minimum absolute atomic E-state index is 0.0292. The first-order valence-electron chi connectivity index (χ1n) is 12.6. The Hall–Kier alpha value is -3.16. The van der Waals surface area contributed by atoms with Crippen LogP contribution in [0.1, 0.15) is 18.4 Å². The highest BCUT2D eigenvalue weighted by atomic mass is 35.5. The molecule has 1 aromatic heterocycles. The van der Waals surface area contributed by atoms with Gasteiger partial charge in [-0.05, 0) is 31.0 Å². The van der Waals surface area contributed by atoms with Crippen LogP contribution in [0.25, 0.3) is 22.2 Å². The summed E-state index contributed by atoms with van der Waals surface area (Å²) in [5.74, 6) is 1.20. The minimum atomic E-state index is 0.0292. The Morgan fingerprint density at radius 3 is 2.58 bits per heavy atom. The van der Waals surface area contributed by atoms with E-state index in [-0.39, 0.29) is 4.00 Å². The van der Waals surface area contributed by atoms with Crippen LogP contribution in [-0.2, 0) is 4.74 Å². The predicted octanol–water partition coefficient (Wildman–Crippen LogP) is 5.51. The summed E-state index contributed by atoms with van der Waals surface area (Å²) in [5.41, 5.74) is 6.00. The van der Waals surface area contributed by atoms with Crippen LogP contribution in [-0.4, -0.2) is 58.3 Å². The summed E-state index contributed by atoms with van der Waals surface area (Å²) >= 11 is 7.28. The van der Waals surface area contributed by atoms with Gasteiger partial charge < -0.3 is 4.74 Å². The van der Waals surface area contributed by atoms with E-state index in [9.17, 15) is 0 Å². The molecule has 2 aromatic carbocycles. The maximum atomic E-state index is 7.28. The average Bonchev–Trinajstić information content (AvgIpc) is 3.21. The maximum absolute atomic E-state index is 7.28. The van der Waals surface area contributed by atoms with E-state index in [0.29, 0.717) is 12.0 Å². The van der Waals surface area contributed by atoms with E-state index >= 15 is 0 Å². The lowest BCUT2D eigenvalue weighted by Gasteiger charge is -2.44. The number of allylic oxidation sites excluding steroid dienone is 2. The molecule has 1 atom stereocenters. The van der Waals surface area contributed by atoms with Crippen molar-refractivity contribution in [1.29, 1.82) is 0 Å². The van der Waals surface area contributed by atoms with Crippen LogP contribution in [0.3, 0.4) is 0 Å². The molecule has 1 aliphatic carbocycles. The molecule has 36 heavy (non-hydrogen) atoms. The number of ether oxygens (including phenoxy) is 1. The van der Waals surface area contributed by atoms with Crippen LogP contribution in [0, 0.1) is 5.92 Å². The number of amidine groups is 1. The van der Waals surface area contributed by atoms with E-state index in [2.05, 4.69) is 52.4 Å². The van der Waals surface area contributed by atoms with Crippen LogP contribution in [0.15, 0.2) is 94.4 Å². The lowest BCUT2D eigenvalue weighted by Crippen LogP contribution is -2.50. The topological polar surface area (TPSA) is 50.1 Å². The molecule has 0 radical (unpaired) electrons. The maximum Gasteiger partial charge on any atom is 0.263 e. The largest absolute Gasteiger partial charge is 0.379 e. The van der Waals surface area contributed by atoms with Gasteiger partial charge in [0, 0.05) is 36.0 Å². The summed E-state index contributed by atoms with van der Waals surface area (Å²) in [4.78, 5) is 17.1. The molecular weight excluding hydrogens is 470 g/mol. The number of hydrogen-bond acceptors (Lipinski definition) is 5. The van der Waals surface area contributed by atoms with Crippen LogP contribution in [0.2, 0.25) is 0 Å². The molecule has 7 rings (SSSR count). The summed E-state index contributed by atoms with van der Waals surface area (Å²) in [6, 6.07) is 21.4. The third kappa shape index (κ3) is 3.64. The van der Waals surface area contributed by atoms with E-state index in [1.165, 1.54) is 0 Å². The van der Waals surface area contributed by atoms with Gasteiger partial charge >= 0.3 is 0 Å². The molecule has 1 saturated carbocycles. The molecule has 4 aliphatic rings. The highest BCUT2D eigenvalue weighted by Crippen LogP contribution is 2.46. The molecule has 1 saturated heterocycles. The van der Waals surface area contributed by atoms with Crippen LogP contribution >= 0.6 is 11.8 Å². The second-order valence-electron chi connectivity index (χ2n) is 9.86. The first kappa shape index (κ1) is 22.1. The molecular formula is C29H27ClN5O+. The first-order chi connectivity index (χ1) is 17.7. The fourth-order valence-electron chi connectivity index (χ4n) is 5.70. The summed E-state index contributed by atoms with van der Waals surface area (Å²) in [7, 11) is 0. The van der Waals surface area contributed by atoms with Crippen LogP contribution in [0.4, 0.5) is 0 Å². The zero-order valence-electron chi connectivity index (χ0n) is 19.9. The molecule has 0 N–H and O–H groups in total. The highest BCUT2D eigenvalue weighted by molar-refractivity contribution is 6.20. The number of benzene rings is 2. The molecule has 0 amide bonds. The summed E-state index contributed by atoms with van der Waals surface area (Å²) in [6.07, 6.45) is 7.76. The van der Waals surface area contributed by atoms with Crippen molar-refractivity contribution in [1.82, 2.24) is 9.88 Å². The van der Waals surface area contributed by atoms with Gasteiger partial charge in [-0.1, -0.05) is 42.5 Å². The van der Waals surface area contributed by atoms with E-state index in [1.54, 1.807) is 6.20 Å². The molecule has 7 heteroatoms. The Morgan fingerprint density at radius 2 is 1.75 bits per heavy atom. The molecule has 2 fully saturated rings. The van der Waals surface area contributed by atoms with Crippen LogP contribution in [0.5, 0.6) is 0 Å². The van der Waals surface area contributed by atoms with Gasteiger partial charge in [-0.2, -0.15) is 4.99 Å². The number of aliphatic imine (C=N–C) groups is 2. The van der Waals surface area contributed by atoms with Crippen molar-refractivity contribution in [3.63, 3.8) is 0 Å². The normalized spacial score (nSPS) is 27.8. The van der Waals surface area contributed by atoms with Crippen molar-refractivity contribution < 1.29 is 8.74 Å². The molecule has 6 nitrogen and oxygen atoms in total. The second kappa shape index (κ2) is 8.75. The van der Waals surface area contributed by atoms with Crippen molar-refractivity contribution >= 4 is 34.7 Å². The number of pyridine rings is 1. The van der Waals surface area contributed by atoms with Crippen LogP contribution < -0.4 is 0 Å². The SMILES string of the molecule is Cl[N+]12C=CN=CC1=C(C1CC(N3CCOCC3)C1)N=C2c1ccc2ccc(-c3ccccc3)nc2c1. The van der Waals surface area contributed by atoms with Gasteiger partial charge in [-0.25, -0.2) is 4.98 Å². The number of hydrogen-bond donors (Lipinski definition) is 0. The Kier molecular flexibility index (Phi) is 5.36. The number of rotatable bonds is 4. The molecule has 180 valence electrons. The standard InChI is InChI=1S/C29H27ClN5O/c30-35-13-10-31-19-27(35)28(23-16-24(17-23)34-11-14-36-15-12-34)33-29(35)22-7-6-21-8-9-25(32-26(21)18-22)20-4-2-1-3-5-20/h1-10,13,18-19,23-24H,11-12,14-17H2/q+1. The monoisotopic (exact) mass is 496 g/mol. The lowest BCUT2D eigenvalue weighted by atomic mass is 9.76. The predicted molar refractivity (Wildman–Crippen MR) is 143 cm³/mol. The zero-order chi connectivity index (χ0) is 24.1. The molecule has 1 unspecified atom stereocenters. The molecule has 3 aromatic rings. The van der Waals surface area contributed by atoms with Crippen molar-refractivity contribution in [2.75, 3.05) is 26.3 Å². The van der Waals surface area contributed by atoms with Crippen molar-refractivity contribution in [3.05, 3.63) is 90.0 Å². The molecule has 4 heterocycles. The lowest BCUT2D eigenvalue weighted by molar-refractivity contribution is -0.600. The summed E-state index contributed by atoms with van der Waals surface area (Å²) in [6.45, 7) is 3.70. The van der Waals surface area contributed by atoms with Gasteiger partial charge in [0.05, 0.1) is 42.4 Å². The quantitative estimate of drug-likeness (QED) is 0.447. The number of aromatic nitrogens is 1. The van der Waals surface area contributed by atoms with E-state index in [0.717, 1.165) is 84.1 Å². The smallest absolute Gasteiger partial charge is 0.263 e. The molecule has 0 spiro atoms. The van der Waals surface area contributed by atoms with Gasteiger partial charge in [0.2, 0.25) is 5.70 Å². The molecule has 0 bridgehead atoms. The third-order valence-electron chi connectivity index (χ3n) is 7.78. The van der Waals surface area contributed by atoms with Gasteiger partial charge in [-0.3, -0.25) is 9.89 Å². The number of quaternary nitrogens is 1. The molecule has 3 aliphatic heterocycles. The number of morpholine rings is 1. The van der Waals surface area contributed by atoms with Gasteiger partial charge in [0.15, 0.2) is 11.8 Å². The van der Waals surface area contributed by atoms with Crippen molar-refractivity contribution in [2.24, 2.45) is 15.9 Å². The fraction of sp³-hybridized carbons (Fsp3) is 0.276. The number of halogens is 1. The van der Waals surface area contributed by atoms with Gasteiger partial charge in [-0.15, -0.1) is 4.00 Å². The number of fused-ring (bicyclic) bond motifs is 2. The van der Waals surface area contributed by atoms with Gasteiger partial charge in [0.25, 0.3) is 5.84 Å². The zero-order valence-corrected chi connectivity index (χ0v) is 20.7. The Morgan fingerprint density at radius 1 is 0.944 bits per heavy atom. The van der Waals surface area contributed by atoms with Crippen molar-refractivity contribution in [2.45, 2.75) is 18.9 Å². The first-order valence-corrected chi connectivity index (χ1v) is 12.9. The fourth-order valence-corrected chi connectivity index (χ4v) is 6.02. The van der Waals surface area contributed by atoms with Gasteiger partial charge in [0.1, 0.15) is 11.9 Å². The van der Waals surface area contributed by atoms with E-state index in [4.69, 9.17) is 26.5 Å². The minimum Gasteiger partial charge on any atom is -0.379 e. The van der Waals surface area contributed by atoms with Crippen molar-refractivity contribution in [3.8, 4) is 11.3 Å². The summed E-state index contributed by atoms with van der Waals surface area (Å²) < 4.78 is 5.56. The van der Waals surface area contributed by atoms with E-state index < -0.39 is 0 Å². The Labute approximate surface area is 215 Å². The Bertz CT molecular complexity index is 1450. The highest BCUT2D eigenvalue weighted by Gasteiger charge is 2.50. The number of nitrogens with zero attached hydrogens (tertiary/aromatic N) is 5. The summed E-state index contributed by atoms with van der Waals surface area (Å²) in [5, 5.41) is 1.09. The average molecular weight is 497 g/mol.